The van der Waals surface area contributed by atoms with Crippen molar-refractivity contribution in [1.29, 1.82) is 0 Å². The topological polar surface area (TPSA) is 28.4 Å². The molecule has 0 aromatic carbocycles. The van der Waals surface area contributed by atoms with E-state index >= 15 is 0 Å². The van der Waals surface area contributed by atoms with E-state index in [4.69, 9.17) is 4.42 Å². The van der Waals surface area contributed by atoms with Gasteiger partial charge < -0.3 is 14.6 Å². The van der Waals surface area contributed by atoms with Gasteiger partial charge in [-0.2, -0.15) is 0 Å². The Labute approximate surface area is 110 Å². The minimum Gasteiger partial charge on any atom is -0.464 e. The summed E-state index contributed by atoms with van der Waals surface area (Å²) >= 11 is 0. The van der Waals surface area contributed by atoms with Crippen molar-refractivity contribution < 1.29 is 4.42 Å². The zero-order valence-electron chi connectivity index (χ0n) is 11.5. The maximum absolute atomic E-state index is 5.89. The number of nitrogens with one attached hydrogen (secondary N) is 1. The first-order valence-electron chi connectivity index (χ1n) is 7.23. The molecule has 0 bridgehead atoms. The molecule has 0 radical (unpaired) electrons. The van der Waals surface area contributed by atoms with Gasteiger partial charge in [-0.25, -0.2) is 0 Å². The molecule has 0 amide bonds. The van der Waals surface area contributed by atoms with Crippen LogP contribution in [0.2, 0.25) is 0 Å². The molecule has 0 spiro atoms. The van der Waals surface area contributed by atoms with Crippen LogP contribution in [0.3, 0.4) is 0 Å². The second kappa shape index (κ2) is 5.06. The van der Waals surface area contributed by atoms with Crippen LogP contribution < -0.4 is 5.32 Å². The normalized spacial score (nSPS) is 32.0. The Morgan fingerprint density at radius 1 is 1.44 bits per heavy atom. The number of likely N-dealkylation sites (tertiary alicyclic amines) is 1. The van der Waals surface area contributed by atoms with Crippen LogP contribution >= 0.6 is 0 Å². The summed E-state index contributed by atoms with van der Waals surface area (Å²) in [6.07, 6.45) is 3.97. The molecular weight excluding hydrogens is 224 g/mol. The van der Waals surface area contributed by atoms with Gasteiger partial charge in [0.25, 0.3) is 0 Å². The highest BCUT2D eigenvalue weighted by atomic mass is 16.3. The second-order valence-electron chi connectivity index (χ2n) is 6.03. The highest BCUT2D eigenvalue weighted by Crippen LogP contribution is 2.47. The summed E-state index contributed by atoms with van der Waals surface area (Å²) in [6.45, 7) is 5.48. The average Bonchev–Trinajstić information content (AvgIpc) is 2.78. The van der Waals surface area contributed by atoms with Crippen LogP contribution in [0.1, 0.15) is 43.6 Å². The fourth-order valence-electron chi connectivity index (χ4n) is 3.01. The Balaban J connectivity index is 1.44. The molecule has 1 N–H and O–H groups in total. The van der Waals surface area contributed by atoms with Gasteiger partial charge in [-0.3, -0.25) is 0 Å². The number of hydrogen-bond donors (Lipinski definition) is 1. The number of nitrogens with zero attached hydrogens (tertiary/aromatic N) is 1. The van der Waals surface area contributed by atoms with Gasteiger partial charge in [-0.05, 0) is 50.9 Å². The molecule has 1 aromatic rings. The third-order valence-corrected chi connectivity index (χ3v) is 4.51. The third-order valence-electron chi connectivity index (χ3n) is 4.51. The molecule has 3 nitrogen and oxygen atoms in total. The zero-order valence-corrected chi connectivity index (χ0v) is 11.5. The lowest BCUT2D eigenvalue weighted by molar-refractivity contribution is 0.297. The van der Waals surface area contributed by atoms with E-state index < -0.39 is 0 Å². The fourth-order valence-corrected chi connectivity index (χ4v) is 3.01. The van der Waals surface area contributed by atoms with Crippen molar-refractivity contribution in [2.75, 3.05) is 20.1 Å². The van der Waals surface area contributed by atoms with Crippen molar-refractivity contribution in [3.05, 3.63) is 23.7 Å². The van der Waals surface area contributed by atoms with Crippen LogP contribution in [0.25, 0.3) is 0 Å². The summed E-state index contributed by atoms with van der Waals surface area (Å²) in [5.41, 5.74) is 0. The second-order valence-corrected chi connectivity index (χ2v) is 6.03. The lowest BCUT2D eigenvalue weighted by atomic mass is 10.2. The molecule has 3 unspecified atom stereocenters. The van der Waals surface area contributed by atoms with Gasteiger partial charge in [0.2, 0.25) is 0 Å². The largest absolute Gasteiger partial charge is 0.464 e. The molecule has 100 valence electrons. The summed E-state index contributed by atoms with van der Waals surface area (Å²) in [7, 11) is 2.22. The predicted molar refractivity (Wildman–Crippen MR) is 72.6 cm³/mol. The summed E-state index contributed by atoms with van der Waals surface area (Å²) in [6, 6.07) is 5.00. The van der Waals surface area contributed by atoms with Crippen LogP contribution in [-0.2, 0) is 6.54 Å². The molecule has 1 saturated heterocycles. The maximum atomic E-state index is 5.89. The number of likely N-dealkylation sites (N-methyl/N-ethyl adjacent to an activating group) is 1. The van der Waals surface area contributed by atoms with Crippen LogP contribution in [-0.4, -0.2) is 31.1 Å². The first kappa shape index (κ1) is 12.2. The maximum Gasteiger partial charge on any atom is 0.117 e. The van der Waals surface area contributed by atoms with E-state index in [1.165, 1.54) is 31.6 Å². The van der Waals surface area contributed by atoms with Gasteiger partial charge in [-0.15, -0.1) is 0 Å². The van der Waals surface area contributed by atoms with Gasteiger partial charge in [0.05, 0.1) is 6.54 Å². The minimum absolute atomic E-state index is 0.694. The molecule has 3 rings (SSSR count). The van der Waals surface area contributed by atoms with Crippen LogP contribution in [0.15, 0.2) is 16.5 Å². The molecule has 3 atom stereocenters. The Kier molecular flexibility index (Phi) is 3.44. The summed E-state index contributed by atoms with van der Waals surface area (Å²) in [4.78, 5) is 2.45. The summed E-state index contributed by atoms with van der Waals surface area (Å²) < 4.78 is 5.89. The van der Waals surface area contributed by atoms with Crippen molar-refractivity contribution in [1.82, 2.24) is 10.2 Å². The molecule has 1 aliphatic heterocycles. The van der Waals surface area contributed by atoms with E-state index in [9.17, 15) is 0 Å². The molecule has 3 heteroatoms. The summed E-state index contributed by atoms with van der Waals surface area (Å²) in [5, 5.41) is 3.52. The van der Waals surface area contributed by atoms with E-state index in [1.54, 1.807) is 0 Å². The van der Waals surface area contributed by atoms with E-state index in [-0.39, 0.29) is 0 Å². The fraction of sp³-hybridized carbons (Fsp3) is 0.733. The zero-order chi connectivity index (χ0) is 12.5. The van der Waals surface area contributed by atoms with Crippen LogP contribution in [0.5, 0.6) is 0 Å². The van der Waals surface area contributed by atoms with Crippen molar-refractivity contribution in [2.24, 2.45) is 5.92 Å². The Morgan fingerprint density at radius 3 is 2.94 bits per heavy atom. The molecule has 18 heavy (non-hydrogen) atoms. The first-order chi connectivity index (χ1) is 8.74. The molecule has 1 aromatic heterocycles. The van der Waals surface area contributed by atoms with Crippen molar-refractivity contribution >= 4 is 0 Å². The average molecular weight is 248 g/mol. The minimum atomic E-state index is 0.694. The Hall–Kier alpha value is -0.800. The quantitative estimate of drug-likeness (QED) is 0.868. The van der Waals surface area contributed by atoms with Gasteiger partial charge in [0.15, 0.2) is 0 Å². The third kappa shape index (κ3) is 2.62. The van der Waals surface area contributed by atoms with Crippen LogP contribution in [0.4, 0.5) is 0 Å². The number of rotatable bonds is 5. The Morgan fingerprint density at radius 2 is 2.28 bits per heavy atom. The SMILES string of the molecule is CC1CC1c1ccc(CNCC2CCCN2C)o1. The van der Waals surface area contributed by atoms with Gasteiger partial charge in [-0.1, -0.05) is 6.92 Å². The van der Waals surface area contributed by atoms with E-state index in [0.29, 0.717) is 12.0 Å². The highest BCUT2D eigenvalue weighted by molar-refractivity contribution is 5.17. The monoisotopic (exact) mass is 248 g/mol. The highest BCUT2D eigenvalue weighted by Gasteiger charge is 2.36. The molecule has 2 aliphatic rings. The van der Waals surface area contributed by atoms with Crippen molar-refractivity contribution in [3.8, 4) is 0 Å². The van der Waals surface area contributed by atoms with Gasteiger partial charge in [0, 0.05) is 18.5 Å². The van der Waals surface area contributed by atoms with Gasteiger partial charge in [0.1, 0.15) is 11.5 Å². The summed E-state index contributed by atoms with van der Waals surface area (Å²) in [5.74, 6) is 3.80. The number of furan rings is 1. The molecule has 1 saturated carbocycles. The predicted octanol–water partition coefficient (Wildman–Crippen LogP) is 2.59. The van der Waals surface area contributed by atoms with E-state index in [2.05, 4.69) is 36.3 Å². The molecule has 2 fully saturated rings. The van der Waals surface area contributed by atoms with Crippen LogP contribution in [0, 0.1) is 5.92 Å². The number of hydrogen-bond acceptors (Lipinski definition) is 3. The van der Waals surface area contributed by atoms with Crippen molar-refractivity contribution in [3.63, 3.8) is 0 Å². The lowest BCUT2D eigenvalue weighted by Gasteiger charge is -2.19. The Bertz CT molecular complexity index is 401. The molecular formula is C15H24N2O. The van der Waals surface area contributed by atoms with E-state index in [1.807, 2.05) is 0 Å². The van der Waals surface area contributed by atoms with Gasteiger partial charge >= 0.3 is 0 Å². The first-order valence-corrected chi connectivity index (χ1v) is 7.23. The lowest BCUT2D eigenvalue weighted by Crippen LogP contribution is -2.35. The standard InChI is InChI=1S/C15H24N2O/c1-11-8-14(11)15-6-5-13(18-15)10-16-9-12-4-3-7-17(12)2/h5-6,11-12,14,16H,3-4,7-10H2,1-2H3. The smallest absolute Gasteiger partial charge is 0.117 e. The van der Waals surface area contributed by atoms with E-state index in [0.717, 1.165) is 24.8 Å². The van der Waals surface area contributed by atoms with Crippen molar-refractivity contribution in [2.45, 2.75) is 44.7 Å². The molecule has 1 aliphatic carbocycles. The molecule has 2 heterocycles.